The first-order valence-electron chi connectivity index (χ1n) is 6.42. The van der Waals surface area contributed by atoms with E-state index in [1.807, 2.05) is 0 Å². The van der Waals surface area contributed by atoms with E-state index >= 15 is 0 Å². The molecular weight excluding hydrogens is 339 g/mol. The van der Waals surface area contributed by atoms with Gasteiger partial charge in [-0.15, -0.1) is 0 Å². The van der Waals surface area contributed by atoms with Crippen LogP contribution in [0.1, 0.15) is 31.2 Å². The maximum atomic E-state index is 11.1. The lowest BCUT2D eigenvalue weighted by atomic mass is 9.85. The maximum Gasteiger partial charge on any atom is 0.220 e. The molecule has 98 valence electrons. The summed E-state index contributed by atoms with van der Waals surface area (Å²) < 4.78 is 1.27. The number of carbonyl (C=O) groups excluding carboxylic acids is 1. The van der Waals surface area contributed by atoms with Gasteiger partial charge >= 0.3 is 0 Å². The van der Waals surface area contributed by atoms with E-state index in [4.69, 9.17) is 5.73 Å². The average Bonchev–Trinajstić information content (AvgIpc) is 2.37. The quantitative estimate of drug-likeness (QED) is 0.813. The molecule has 0 bridgehead atoms. The molecule has 0 heterocycles. The van der Waals surface area contributed by atoms with Crippen LogP contribution in [0.25, 0.3) is 0 Å². The molecule has 1 saturated carbocycles. The number of primary amides is 1. The van der Waals surface area contributed by atoms with Gasteiger partial charge in [-0.1, -0.05) is 12.1 Å². The Labute approximate surface area is 122 Å². The van der Waals surface area contributed by atoms with Gasteiger partial charge in [0, 0.05) is 22.1 Å². The Bertz CT molecular complexity index is 414. The fourth-order valence-corrected chi connectivity index (χ4v) is 3.10. The van der Waals surface area contributed by atoms with Crippen molar-refractivity contribution in [1.29, 1.82) is 0 Å². The molecule has 3 nitrogen and oxygen atoms in total. The molecule has 1 fully saturated rings. The molecule has 0 aromatic heterocycles. The first-order valence-corrected chi connectivity index (χ1v) is 7.50. The highest BCUT2D eigenvalue weighted by Gasteiger charge is 2.24. The lowest BCUT2D eigenvalue weighted by molar-refractivity contribution is -0.122. The smallest absolute Gasteiger partial charge is 0.220 e. The van der Waals surface area contributed by atoms with Gasteiger partial charge < -0.3 is 11.1 Å². The summed E-state index contributed by atoms with van der Waals surface area (Å²) in [4.78, 5) is 11.1. The molecule has 18 heavy (non-hydrogen) atoms. The number of nitrogens with one attached hydrogen (secondary N) is 1. The van der Waals surface area contributed by atoms with E-state index in [1.54, 1.807) is 0 Å². The highest BCUT2D eigenvalue weighted by molar-refractivity contribution is 14.1. The zero-order valence-corrected chi connectivity index (χ0v) is 12.5. The molecule has 1 aliphatic carbocycles. The van der Waals surface area contributed by atoms with Gasteiger partial charge in [-0.3, -0.25) is 4.79 Å². The van der Waals surface area contributed by atoms with Crippen molar-refractivity contribution in [1.82, 2.24) is 5.32 Å². The minimum atomic E-state index is -0.133. The summed E-state index contributed by atoms with van der Waals surface area (Å²) in [6, 6.07) is 9.05. The molecule has 1 aliphatic rings. The number of benzene rings is 1. The molecule has 1 aromatic rings. The standard InChI is InChI=1S/C14H19IN2O/c15-12-3-1-2-10(8-12)9-17-13-6-4-11(5-7-13)14(16)18/h1-3,8,11,13,17H,4-7,9H2,(H2,16,18). The Hall–Kier alpha value is -0.620. The fourth-order valence-electron chi connectivity index (χ4n) is 2.49. The van der Waals surface area contributed by atoms with Crippen LogP contribution in [0.3, 0.4) is 0 Å². The first kappa shape index (κ1) is 13.8. The van der Waals surface area contributed by atoms with Crippen molar-refractivity contribution in [2.24, 2.45) is 11.7 Å². The monoisotopic (exact) mass is 358 g/mol. The van der Waals surface area contributed by atoms with Gasteiger partial charge in [0.25, 0.3) is 0 Å². The predicted octanol–water partition coefficient (Wildman–Crippen LogP) is 2.42. The topological polar surface area (TPSA) is 55.1 Å². The summed E-state index contributed by atoms with van der Waals surface area (Å²) in [7, 11) is 0. The van der Waals surface area contributed by atoms with E-state index in [0.717, 1.165) is 32.2 Å². The van der Waals surface area contributed by atoms with Crippen molar-refractivity contribution in [3.63, 3.8) is 0 Å². The van der Waals surface area contributed by atoms with Crippen LogP contribution in [0.2, 0.25) is 0 Å². The van der Waals surface area contributed by atoms with E-state index in [1.165, 1.54) is 9.13 Å². The van der Waals surface area contributed by atoms with Crippen molar-refractivity contribution in [2.45, 2.75) is 38.3 Å². The van der Waals surface area contributed by atoms with E-state index in [-0.39, 0.29) is 11.8 Å². The van der Waals surface area contributed by atoms with Gasteiger partial charge in [-0.05, 0) is 66.0 Å². The van der Waals surface area contributed by atoms with E-state index in [2.05, 4.69) is 52.2 Å². The first-order chi connectivity index (χ1) is 8.65. The van der Waals surface area contributed by atoms with Crippen molar-refractivity contribution in [3.05, 3.63) is 33.4 Å². The van der Waals surface area contributed by atoms with Crippen LogP contribution in [-0.2, 0) is 11.3 Å². The third-order valence-corrected chi connectivity index (χ3v) is 4.28. The van der Waals surface area contributed by atoms with Crippen LogP contribution in [0.4, 0.5) is 0 Å². The SMILES string of the molecule is NC(=O)C1CCC(NCc2cccc(I)c2)CC1. The second-order valence-electron chi connectivity index (χ2n) is 4.96. The second kappa shape index (κ2) is 6.52. The average molecular weight is 358 g/mol. The summed E-state index contributed by atoms with van der Waals surface area (Å²) >= 11 is 2.33. The molecule has 0 spiro atoms. The molecule has 0 atom stereocenters. The van der Waals surface area contributed by atoms with Crippen molar-refractivity contribution < 1.29 is 4.79 Å². The second-order valence-corrected chi connectivity index (χ2v) is 6.21. The summed E-state index contributed by atoms with van der Waals surface area (Å²) in [5.74, 6) is -0.0354. The van der Waals surface area contributed by atoms with Crippen molar-refractivity contribution in [3.8, 4) is 0 Å². The van der Waals surface area contributed by atoms with Crippen molar-refractivity contribution >= 4 is 28.5 Å². The van der Waals surface area contributed by atoms with Crippen LogP contribution in [0.15, 0.2) is 24.3 Å². The molecule has 0 radical (unpaired) electrons. The van der Waals surface area contributed by atoms with E-state index in [9.17, 15) is 4.79 Å². The third kappa shape index (κ3) is 3.95. The number of nitrogens with two attached hydrogens (primary N) is 1. The predicted molar refractivity (Wildman–Crippen MR) is 80.9 cm³/mol. The number of carbonyl (C=O) groups is 1. The van der Waals surface area contributed by atoms with Crippen LogP contribution < -0.4 is 11.1 Å². The van der Waals surface area contributed by atoms with Crippen LogP contribution >= 0.6 is 22.6 Å². The highest BCUT2D eigenvalue weighted by atomic mass is 127. The summed E-state index contributed by atoms with van der Waals surface area (Å²) in [6.07, 6.45) is 3.97. The minimum absolute atomic E-state index is 0.0979. The number of halogens is 1. The Morgan fingerprint density at radius 1 is 1.33 bits per heavy atom. The van der Waals surface area contributed by atoms with Gasteiger partial charge in [0.2, 0.25) is 5.91 Å². The minimum Gasteiger partial charge on any atom is -0.369 e. The van der Waals surface area contributed by atoms with Gasteiger partial charge in [-0.25, -0.2) is 0 Å². The number of amides is 1. The Morgan fingerprint density at radius 2 is 2.06 bits per heavy atom. The fraction of sp³-hybridized carbons (Fsp3) is 0.500. The molecule has 0 aliphatic heterocycles. The summed E-state index contributed by atoms with van der Waals surface area (Å²) in [6.45, 7) is 0.906. The molecule has 0 saturated heterocycles. The van der Waals surface area contributed by atoms with Gasteiger partial charge in [0.1, 0.15) is 0 Å². The molecule has 3 N–H and O–H groups in total. The molecule has 0 unspecified atom stereocenters. The third-order valence-electron chi connectivity index (χ3n) is 3.61. The molecular formula is C14H19IN2O. The summed E-state index contributed by atoms with van der Waals surface area (Å²) in [5.41, 5.74) is 6.65. The Morgan fingerprint density at radius 3 is 2.67 bits per heavy atom. The van der Waals surface area contributed by atoms with E-state index in [0.29, 0.717) is 6.04 Å². The molecule has 1 amide bonds. The largest absolute Gasteiger partial charge is 0.369 e. The molecule has 1 aromatic carbocycles. The van der Waals surface area contributed by atoms with Gasteiger partial charge in [0.15, 0.2) is 0 Å². The maximum absolute atomic E-state index is 11.1. The van der Waals surface area contributed by atoms with Gasteiger partial charge in [0.05, 0.1) is 0 Å². The van der Waals surface area contributed by atoms with E-state index < -0.39 is 0 Å². The normalized spacial score (nSPS) is 23.8. The lowest BCUT2D eigenvalue weighted by Crippen LogP contribution is -2.36. The van der Waals surface area contributed by atoms with Crippen LogP contribution in [0, 0.1) is 9.49 Å². The van der Waals surface area contributed by atoms with Crippen molar-refractivity contribution in [2.75, 3.05) is 0 Å². The highest BCUT2D eigenvalue weighted by Crippen LogP contribution is 2.24. The zero-order valence-electron chi connectivity index (χ0n) is 10.4. The Balaban J connectivity index is 1.77. The van der Waals surface area contributed by atoms with Crippen LogP contribution in [0.5, 0.6) is 0 Å². The van der Waals surface area contributed by atoms with Gasteiger partial charge in [-0.2, -0.15) is 0 Å². The molecule has 2 rings (SSSR count). The van der Waals surface area contributed by atoms with Crippen LogP contribution in [-0.4, -0.2) is 11.9 Å². The number of rotatable bonds is 4. The lowest BCUT2D eigenvalue weighted by Gasteiger charge is -2.27. The number of hydrogen-bond donors (Lipinski definition) is 2. The molecule has 4 heteroatoms. The number of hydrogen-bond acceptors (Lipinski definition) is 2. The Kier molecular flexibility index (Phi) is 5.00. The summed E-state index contributed by atoms with van der Waals surface area (Å²) in [5, 5.41) is 3.57. The zero-order chi connectivity index (χ0) is 13.0.